The van der Waals surface area contributed by atoms with Crippen molar-refractivity contribution < 1.29 is 18.9 Å². The molecule has 0 atom stereocenters. The van der Waals surface area contributed by atoms with E-state index in [2.05, 4.69) is 6.92 Å². The highest BCUT2D eigenvalue weighted by atomic mass is 16.5. The molecular weight excluding hydrogens is 280 g/mol. The summed E-state index contributed by atoms with van der Waals surface area (Å²) in [6, 6.07) is 0. The molecule has 0 N–H and O–H groups in total. The summed E-state index contributed by atoms with van der Waals surface area (Å²) in [5.41, 5.74) is 0. The largest absolute Gasteiger partial charge is 0.381 e. The van der Waals surface area contributed by atoms with Gasteiger partial charge in [0.2, 0.25) is 0 Å². The second kappa shape index (κ2) is 15.7. The Balaban J connectivity index is 1.64. The van der Waals surface area contributed by atoms with E-state index in [0.717, 1.165) is 71.9 Å². The summed E-state index contributed by atoms with van der Waals surface area (Å²) in [7, 11) is 0. The fraction of sp³-hybridized carbons (Fsp3) is 1.00. The first-order chi connectivity index (χ1) is 10.9. The Kier molecular flexibility index (Phi) is 14.2. The standard InChI is InChI=1S/C18H36O4/c1-2-11-19-16-17-21-13-7-3-6-12-20-14-8-15-22-18-9-4-5-10-18/h18H,2-17H2,1H3. The van der Waals surface area contributed by atoms with Crippen LogP contribution in [0, 0.1) is 0 Å². The Hall–Kier alpha value is -0.160. The Labute approximate surface area is 136 Å². The lowest BCUT2D eigenvalue weighted by molar-refractivity contribution is 0.0351. The fourth-order valence-corrected chi connectivity index (χ4v) is 2.62. The van der Waals surface area contributed by atoms with Crippen molar-refractivity contribution in [3.05, 3.63) is 0 Å². The zero-order chi connectivity index (χ0) is 15.7. The van der Waals surface area contributed by atoms with Crippen LogP contribution in [0.15, 0.2) is 0 Å². The topological polar surface area (TPSA) is 36.9 Å². The molecular formula is C18H36O4. The van der Waals surface area contributed by atoms with E-state index in [1.165, 1.54) is 32.1 Å². The molecule has 0 spiro atoms. The lowest BCUT2D eigenvalue weighted by atomic mass is 10.2. The molecule has 0 aromatic carbocycles. The summed E-state index contributed by atoms with van der Waals surface area (Å²) >= 11 is 0. The highest BCUT2D eigenvalue weighted by Gasteiger charge is 2.14. The third-order valence-electron chi connectivity index (χ3n) is 3.89. The Morgan fingerprint density at radius 1 is 0.636 bits per heavy atom. The van der Waals surface area contributed by atoms with Crippen molar-refractivity contribution in [3.8, 4) is 0 Å². The number of rotatable bonds is 16. The van der Waals surface area contributed by atoms with E-state index >= 15 is 0 Å². The summed E-state index contributed by atoms with van der Waals surface area (Å²) in [5.74, 6) is 0. The normalized spacial score (nSPS) is 15.7. The first kappa shape index (κ1) is 19.9. The summed E-state index contributed by atoms with van der Waals surface area (Å²) in [6.07, 6.45) is 11.3. The highest BCUT2D eigenvalue weighted by Crippen LogP contribution is 2.20. The van der Waals surface area contributed by atoms with Gasteiger partial charge in [-0.1, -0.05) is 19.8 Å². The molecule has 132 valence electrons. The Bertz CT molecular complexity index is 217. The van der Waals surface area contributed by atoms with Crippen LogP contribution in [-0.2, 0) is 18.9 Å². The van der Waals surface area contributed by atoms with Crippen LogP contribution in [0.3, 0.4) is 0 Å². The van der Waals surface area contributed by atoms with Crippen LogP contribution in [0.2, 0.25) is 0 Å². The molecule has 22 heavy (non-hydrogen) atoms. The molecule has 0 bridgehead atoms. The Morgan fingerprint density at radius 3 is 1.91 bits per heavy atom. The van der Waals surface area contributed by atoms with Gasteiger partial charge in [-0.25, -0.2) is 0 Å². The summed E-state index contributed by atoms with van der Waals surface area (Å²) < 4.78 is 22.3. The zero-order valence-corrected chi connectivity index (χ0v) is 14.5. The first-order valence-electron chi connectivity index (χ1n) is 9.28. The van der Waals surface area contributed by atoms with Crippen LogP contribution in [0.1, 0.15) is 64.7 Å². The summed E-state index contributed by atoms with van der Waals surface area (Å²) in [6.45, 7) is 7.79. The van der Waals surface area contributed by atoms with Gasteiger partial charge in [-0.2, -0.15) is 0 Å². The van der Waals surface area contributed by atoms with Gasteiger partial charge in [0, 0.05) is 33.0 Å². The predicted molar refractivity (Wildman–Crippen MR) is 89.4 cm³/mol. The maximum Gasteiger partial charge on any atom is 0.0700 e. The molecule has 0 unspecified atom stereocenters. The number of unbranched alkanes of at least 4 members (excludes halogenated alkanes) is 2. The van der Waals surface area contributed by atoms with Crippen molar-refractivity contribution in [2.75, 3.05) is 46.2 Å². The Morgan fingerprint density at radius 2 is 1.23 bits per heavy atom. The quantitative estimate of drug-likeness (QED) is 0.404. The minimum atomic E-state index is 0.535. The molecule has 0 saturated heterocycles. The van der Waals surface area contributed by atoms with Crippen LogP contribution < -0.4 is 0 Å². The number of hydrogen-bond acceptors (Lipinski definition) is 4. The van der Waals surface area contributed by atoms with Crippen molar-refractivity contribution in [2.45, 2.75) is 70.8 Å². The van der Waals surface area contributed by atoms with E-state index < -0.39 is 0 Å². The van der Waals surface area contributed by atoms with Crippen LogP contribution in [-0.4, -0.2) is 52.4 Å². The molecule has 0 radical (unpaired) electrons. The third-order valence-corrected chi connectivity index (χ3v) is 3.89. The van der Waals surface area contributed by atoms with E-state index in [0.29, 0.717) is 6.10 Å². The minimum absolute atomic E-state index is 0.535. The molecule has 1 rings (SSSR count). The molecule has 0 heterocycles. The fourth-order valence-electron chi connectivity index (χ4n) is 2.62. The van der Waals surface area contributed by atoms with Gasteiger partial charge in [-0.15, -0.1) is 0 Å². The van der Waals surface area contributed by atoms with E-state index in [1.807, 2.05) is 0 Å². The van der Waals surface area contributed by atoms with Crippen LogP contribution in [0.25, 0.3) is 0 Å². The van der Waals surface area contributed by atoms with Crippen LogP contribution >= 0.6 is 0 Å². The lowest BCUT2D eigenvalue weighted by Gasteiger charge is -2.10. The molecule has 4 nitrogen and oxygen atoms in total. The van der Waals surface area contributed by atoms with E-state index in [4.69, 9.17) is 18.9 Å². The van der Waals surface area contributed by atoms with Crippen molar-refractivity contribution in [1.82, 2.24) is 0 Å². The average Bonchev–Trinajstić information content (AvgIpc) is 3.04. The third kappa shape index (κ3) is 12.4. The maximum absolute atomic E-state index is 5.80. The van der Waals surface area contributed by atoms with E-state index in [9.17, 15) is 0 Å². The number of ether oxygens (including phenoxy) is 4. The van der Waals surface area contributed by atoms with Gasteiger partial charge in [-0.3, -0.25) is 0 Å². The van der Waals surface area contributed by atoms with Crippen LogP contribution in [0.5, 0.6) is 0 Å². The monoisotopic (exact) mass is 316 g/mol. The maximum atomic E-state index is 5.80. The summed E-state index contributed by atoms with van der Waals surface area (Å²) in [5, 5.41) is 0. The van der Waals surface area contributed by atoms with Crippen LogP contribution in [0.4, 0.5) is 0 Å². The molecule has 1 fully saturated rings. The molecule has 0 aromatic heterocycles. The molecule has 1 aliphatic carbocycles. The van der Waals surface area contributed by atoms with Crippen molar-refractivity contribution in [3.63, 3.8) is 0 Å². The second-order valence-electron chi connectivity index (χ2n) is 6.03. The molecule has 0 aromatic rings. The molecule has 1 saturated carbocycles. The van der Waals surface area contributed by atoms with Gasteiger partial charge in [-0.05, 0) is 44.9 Å². The first-order valence-corrected chi connectivity index (χ1v) is 9.28. The number of hydrogen-bond donors (Lipinski definition) is 0. The molecule has 0 amide bonds. The minimum Gasteiger partial charge on any atom is -0.381 e. The predicted octanol–water partition coefficient (Wildman–Crippen LogP) is 3.97. The smallest absolute Gasteiger partial charge is 0.0700 e. The van der Waals surface area contributed by atoms with Gasteiger partial charge in [0.25, 0.3) is 0 Å². The lowest BCUT2D eigenvalue weighted by Crippen LogP contribution is -2.10. The SMILES string of the molecule is CCCOCCOCCCCCOCCCOC1CCCC1. The van der Waals surface area contributed by atoms with Crippen molar-refractivity contribution in [1.29, 1.82) is 0 Å². The second-order valence-corrected chi connectivity index (χ2v) is 6.03. The van der Waals surface area contributed by atoms with Gasteiger partial charge in [0.15, 0.2) is 0 Å². The van der Waals surface area contributed by atoms with Gasteiger partial charge < -0.3 is 18.9 Å². The molecule has 4 heteroatoms. The molecule has 0 aliphatic heterocycles. The van der Waals surface area contributed by atoms with Gasteiger partial charge in [0.05, 0.1) is 19.3 Å². The average molecular weight is 316 g/mol. The van der Waals surface area contributed by atoms with Crippen molar-refractivity contribution >= 4 is 0 Å². The van der Waals surface area contributed by atoms with Crippen molar-refractivity contribution in [2.24, 2.45) is 0 Å². The summed E-state index contributed by atoms with van der Waals surface area (Å²) in [4.78, 5) is 0. The zero-order valence-electron chi connectivity index (χ0n) is 14.5. The van der Waals surface area contributed by atoms with Gasteiger partial charge >= 0.3 is 0 Å². The van der Waals surface area contributed by atoms with Gasteiger partial charge in [0.1, 0.15) is 0 Å². The highest BCUT2D eigenvalue weighted by molar-refractivity contribution is 4.66. The molecule has 1 aliphatic rings. The van der Waals surface area contributed by atoms with E-state index in [-0.39, 0.29) is 0 Å². The van der Waals surface area contributed by atoms with E-state index in [1.54, 1.807) is 0 Å².